The van der Waals surface area contributed by atoms with E-state index in [4.69, 9.17) is 9.47 Å². The Kier molecular flexibility index (Phi) is 6.46. The van der Waals surface area contributed by atoms with Gasteiger partial charge in [0, 0.05) is 41.6 Å². The molecule has 1 aromatic heterocycles. The highest BCUT2D eigenvalue weighted by molar-refractivity contribution is 7.98. The van der Waals surface area contributed by atoms with Gasteiger partial charge in [-0.3, -0.25) is 4.79 Å². The summed E-state index contributed by atoms with van der Waals surface area (Å²) in [6.07, 6.45) is 5.25. The van der Waals surface area contributed by atoms with Crippen molar-refractivity contribution >= 4 is 29.2 Å². The normalized spacial score (nSPS) is 13.7. The van der Waals surface area contributed by atoms with Crippen molar-refractivity contribution in [2.24, 2.45) is 0 Å². The number of nitrogens with one attached hydrogen (secondary N) is 1. The van der Waals surface area contributed by atoms with Gasteiger partial charge in [-0.1, -0.05) is 6.07 Å². The maximum atomic E-state index is 12.5. The van der Waals surface area contributed by atoms with Crippen LogP contribution in [0.25, 0.3) is 0 Å². The topological polar surface area (TPSA) is 76.6 Å². The van der Waals surface area contributed by atoms with E-state index in [0.29, 0.717) is 36.2 Å². The molecule has 0 atom stereocenters. The molecule has 2 heterocycles. The number of anilines is 2. The van der Waals surface area contributed by atoms with E-state index in [1.54, 1.807) is 48.4 Å². The van der Waals surface area contributed by atoms with Gasteiger partial charge in [0.15, 0.2) is 5.82 Å². The van der Waals surface area contributed by atoms with E-state index in [-0.39, 0.29) is 5.91 Å². The second-order valence-electron chi connectivity index (χ2n) is 6.60. The van der Waals surface area contributed by atoms with Crippen LogP contribution >= 0.6 is 11.8 Å². The van der Waals surface area contributed by atoms with Crippen LogP contribution < -0.4 is 15.0 Å². The molecule has 0 radical (unpaired) electrons. The van der Waals surface area contributed by atoms with Gasteiger partial charge >= 0.3 is 0 Å². The predicted molar refractivity (Wildman–Crippen MR) is 118 cm³/mol. The summed E-state index contributed by atoms with van der Waals surface area (Å²) in [7, 11) is 0. The van der Waals surface area contributed by atoms with E-state index >= 15 is 0 Å². The molecular formula is C22H22N4O3S. The van der Waals surface area contributed by atoms with E-state index < -0.39 is 0 Å². The Hall–Kier alpha value is -3.10. The summed E-state index contributed by atoms with van der Waals surface area (Å²) in [6.45, 7) is 2.79. The lowest BCUT2D eigenvalue weighted by molar-refractivity contribution is 0.102. The third-order valence-electron chi connectivity index (χ3n) is 4.62. The fourth-order valence-corrected chi connectivity index (χ4v) is 3.53. The van der Waals surface area contributed by atoms with Gasteiger partial charge in [0.05, 0.1) is 13.2 Å². The molecule has 4 rings (SSSR count). The Morgan fingerprint density at radius 3 is 2.63 bits per heavy atom. The molecule has 154 valence electrons. The van der Waals surface area contributed by atoms with Crippen molar-refractivity contribution in [1.82, 2.24) is 9.97 Å². The van der Waals surface area contributed by atoms with Crippen molar-refractivity contribution in [3.05, 3.63) is 66.5 Å². The van der Waals surface area contributed by atoms with Crippen molar-refractivity contribution < 1.29 is 14.3 Å². The van der Waals surface area contributed by atoms with Gasteiger partial charge in [0.1, 0.15) is 5.75 Å². The molecule has 0 bridgehead atoms. The molecule has 0 saturated carbocycles. The van der Waals surface area contributed by atoms with Crippen LogP contribution in [0.2, 0.25) is 0 Å². The molecule has 1 fully saturated rings. The Bertz CT molecular complexity index is 1010. The first-order valence-corrected chi connectivity index (χ1v) is 10.8. The summed E-state index contributed by atoms with van der Waals surface area (Å²) in [5.74, 6) is 1.54. The maximum absolute atomic E-state index is 12.5. The molecule has 1 N–H and O–H groups in total. The number of hydrogen-bond acceptors (Lipinski definition) is 7. The SMILES string of the molecule is CSc1cccc(NC(=O)c2ccc(Oc3nccnc3N3CCOCC3)cc2)c1. The Morgan fingerprint density at radius 2 is 1.87 bits per heavy atom. The monoisotopic (exact) mass is 422 g/mol. The summed E-state index contributed by atoms with van der Waals surface area (Å²) in [5.41, 5.74) is 1.31. The number of thioether (sulfide) groups is 1. The number of hydrogen-bond donors (Lipinski definition) is 1. The second kappa shape index (κ2) is 9.60. The van der Waals surface area contributed by atoms with Gasteiger partial charge in [-0.05, 0) is 48.7 Å². The molecule has 2 aromatic carbocycles. The third-order valence-corrected chi connectivity index (χ3v) is 5.34. The molecule has 0 aliphatic carbocycles. The number of nitrogens with zero attached hydrogens (tertiary/aromatic N) is 3. The highest BCUT2D eigenvalue weighted by Crippen LogP contribution is 2.28. The summed E-state index contributed by atoms with van der Waals surface area (Å²) in [6, 6.07) is 14.7. The largest absolute Gasteiger partial charge is 0.436 e. The number of ether oxygens (including phenoxy) is 2. The first kappa shape index (κ1) is 20.2. The van der Waals surface area contributed by atoms with Crippen LogP contribution in [-0.2, 0) is 4.74 Å². The number of carbonyl (C=O) groups excluding carboxylic acids is 1. The Balaban J connectivity index is 1.44. The van der Waals surface area contributed by atoms with Crippen molar-refractivity contribution in [2.45, 2.75) is 4.90 Å². The van der Waals surface area contributed by atoms with E-state index in [1.807, 2.05) is 30.5 Å². The fourth-order valence-electron chi connectivity index (χ4n) is 3.07. The first-order valence-electron chi connectivity index (χ1n) is 9.60. The number of rotatable bonds is 6. The molecule has 1 saturated heterocycles. The van der Waals surface area contributed by atoms with E-state index in [9.17, 15) is 4.79 Å². The van der Waals surface area contributed by atoms with Crippen LogP contribution in [0.5, 0.6) is 11.6 Å². The third kappa shape index (κ3) is 4.90. The second-order valence-corrected chi connectivity index (χ2v) is 7.48. The van der Waals surface area contributed by atoms with Crippen molar-refractivity contribution in [3.8, 4) is 11.6 Å². The predicted octanol–water partition coefficient (Wildman–Crippen LogP) is 4.08. The zero-order valence-corrected chi connectivity index (χ0v) is 17.4. The van der Waals surface area contributed by atoms with E-state index in [0.717, 1.165) is 23.7 Å². The van der Waals surface area contributed by atoms with Gasteiger partial charge in [-0.25, -0.2) is 9.97 Å². The van der Waals surface area contributed by atoms with Gasteiger partial charge in [-0.15, -0.1) is 11.8 Å². The van der Waals surface area contributed by atoms with Gasteiger partial charge in [0.25, 0.3) is 11.8 Å². The fraction of sp³-hybridized carbons (Fsp3) is 0.227. The summed E-state index contributed by atoms with van der Waals surface area (Å²) >= 11 is 1.63. The standard InChI is InChI=1S/C22H22N4O3S/c1-30-19-4-2-3-17(15-19)25-21(27)16-5-7-18(8-6-16)29-22-20(23-9-10-24-22)26-11-13-28-14-12-26/h2-10,15H,11-14H2,1H3,(H,25,27). The van der Waals surface area contributed by atoms with E-state index in [1.165, 1.54) is 0 Å². The molecule has 0 spiro atoms. The number of benzene rings is 2. The highest BCUT2D eigenvalue weighted by Gasteiger charge is 2.18. The molecule has 1 aliphatic heterocycles. The first-order chi connectivity index (χ1) is 14.7. The van der Waals surface area contributed by atoms with Crippen LogP contribution in [0.15, 0.2) is 65.8 Å². The minimum atomic E-state index is -0.173. The molecule has 0 unspecified atom stereocenters. The van der Waals surface area contributed by atoms with Crippen molar-refractivity contribution in [1.29, 1.82) is 0 Å². The minimum absolute atomic E-state index is 0.173. The summed E-state index contributed by atoms with van der Waals surface area (Å²) in [5, 5.41) is 2.92. The molecule has 3 aromatic rings. The number of morpholine rings is 1. The smallest absolute Gasteiger partial charge is 0.263 e. The molecule has 30 heavy (non-hydrogen) atoms. The Morgan fingerprint density at radius 1 is 1.10 bits per heavy atom. The van der Waals surface area contributed by atoms with Crippen LogP contribution in [0.4, 0.5) is 11.5 Å². The zero-order chi connectivity index (χ0) is 20.8. The summed E-state index contributed by atoms with van der Waals surface area (Å²) < 4.78 is 11.4. The van der Waals surface area contributed by atoms with E-state index in [2.05, 4.69) is 20.2 Å². The molecule has 8 heteroatoms. The van der Waals surface area contributed by atoms with Gasteiger partial charge < -0.3 is 19.7 Å². The van der Waals surface area contributed by atoms with Gasteiger partial charge in [0.2, 0.25) is 0 Å². The number of aromatic nitrogens is 2. The quantitative estimate of drug-likeness (QED) is 0.600. The average Bonchev–Trinajstić information content (AvgIpc) is 2.80. The average molecular weight is 423 g/mol. The lowest BCUT2D eigenvalue weighted by atomic mass is 10.2. The molecule has 7 nitrogen and oxygen atoms in total. The van der Waals surface area contributed by atoms with Crippen LogP contribution in [0.1, 0.15) is 10.4 Å². The number of carbonyl (C=O) groups is 1. The minimum Gasteiger partial charge on any atom is -0.436 e. The summed E-state index contributed by atoms with van der Waals surface area (Å²) in [4.78, 5) is 24.5. The molecular weight excluding hydrogens is 400 g/mol. The van der Waals surface area contributed by atoms with Crippen molar-refractivity contribution in [3.63, 3.8) is 0 Å². The van der Waals surface area contributed by atoms with Crippen LogP contribution in [-0.4, -0.2) is 48.4 Å². The Labute approximate surface area is 179 Å². The number of amides is 1. The molecule has 1 aliphatic rings. The van der Waals surface area contributed by atoms with Gasteiger partial charge in [-0.2, -0.15) is 0 Å². The van der Waals surface area contributed by atoms with Crippen molar-refractivity contribution in [2.75, 3.05) is 42.8 Å². The molecule has 1 amide bonds. The van der Waals surface area contributed by atoms with Crippen LogP contribution in [0.3, 0.4) is 0 Å². The lowest BCUT2D eigenvalue weighted by Crippen LogP contribution is -2.37. The maximum Gasteiger partial charge on any atom is 0.263 e. The highest BCUT2D eigenvalue weighted by atomic mass is 32.2. The zero-order valence-electron chi connectivity index (χ0n) is 16.6. The van der Waals surface area contributed by atoms with Crippen LogP contribution in [0, 0.1) is 0 Å². The lowest BCUT2D eigenvalue weighted by Gasteiger charge is -2.28.